The lowest BCUT2D eigenvalue weighted by molar-refractivity contribution is -0.131. The predicted octanol–water partition coefficient (Wildman–Crippen LogP) is 4.03. The number of nitrogens with zero attached hydrogens (tertiary/aromatic N) is 3. The molecule has 36 heavy (non-hydrogen) atoms. The van der Waals surface area contributed by atoms with E-state index in [1.165, 1.54) is 31.4 Å². The van der Waals surface area contributed by atoms with Crippen LogP contribution in [0.5, 0.6) is 5.75 Å². The molecule has 0 bridgehead atoms. The number of methoxy groups -OCH3 is 1. The van der Waals surface area contributed by atoms with Gasteiger partial charge < -0.3 is 14.5 Å². The van der Waals surface area contributed by atoms with E-state index in [9.17, 15) is 17.6 Å². The van der Waals surface area contributed by atoms with Gasteiger partial charge in [0.25, 0.3) is 0 Å². The van der Waals surface area contributed by atoms with E-state index in [1.807, 2.05) is 23.1 Å². The summed E-state index contributed by atoms with van der Waals surface area (Å²) in [6.07, 6.45) is 0. The zero-order valence-electron chi connectivity index (χ0n) is 19.8. The van der Waals surface area contributed by atoms with Gasteiger partial charge in [-0.25, -0.2) is 12.8 Å². The van der Waals surface area contributed by atoms with Gasteiger partial charge in [-0.2, -0.15) is 4.31 Å². The van der Waals surface area contributed by atoms with E-state index in [0.29, 0.717) is 37.6 Å². The van der Waals surface area contributed by atoms with Gasteiger partial charge in [0.2, 0.25) is 15.9 Å². The second-order valence-electron chi connectivity index (χ2n) is 8.37. The molecule has 1 amide bonds. The van der Waals surface area contributed by atoms with Crippen molar-refractivity contribution in [3.05, 3.63) is 89.2 Å². The molecule has 1 aliphatic heterocycles. The Labute approximate surface area is 215 Å². The van der Waals surface area contributed by atoms with Crippen molar-refractivity contribution >= 4 is 33.2 Å². The molecule has 0 aromatic heterocycles. The number of benzene rings is 3. The Morgan fingerprint density at radius 3 is 2.31 bits per heavy atom. The Hall–Kier alpha value is -3.14. The normalized spacial score (nSPS) is 14.2. The molecule has 1 saturated heterocycles. The van der Waals surface area contributed by atoms with Crippen molar-refractivity contribution in [1.82, 2.24) is 9.21 Å². The maximum Gasteiger partial charge on any atom is 0.243 e. The van der Waals surface area contributed by atoms with Gasteiger partial charge in [0.1, 0.15) is 11.6 Å². The number of ether oxygens (including phenoxy) is 1. The first-order valence-corrected chi connectivity index (χ1v) is 13.3. The number of piperazine rings is 1. The Balaban J connectivity index is 1.52. The van der Waals surface area contributed by atoms with E-state index in [0.717, 1.165) is 9.87 Å². The molecule has 0 N–H and O–H groups in total. The largest absolute Gasteiger partial charge is 0.495 e. The SMILES string of the molecule is COc1ccc(S(=O)(=O)N(CC(=O)N2CCN(c3ccccc3F)CC2)Cc2ccccc2)cc1Cl. The summed E-state index contributed by atoms with van der Waals surface area (Å²) in [7, 11) is -2.61. The Morgan fingerprint density at radius 1 is 1.00 bits per heavy atom. The summed E-state index contributed by atoms with van der Waals surface area (Å²) in [6, 6.07) is 19.8. The number of hydrogen-bond acceptors (Lipinski definition) is 5. The highest BCUT2D eigenvalue weighted by atomic mass is 35.5. The average Bonchev–Trinajstić information content (AvgIpc) is 2.89. The minimum atomic E-state index is -4.05. The first-order valence-electron chi connectivity index (χ1n) is 11.4. The van der Waals surface area contributed by atoms with E-state index in [1.54, 1.807) is 35.2 Å². The molecular weight excluding hydrogens is 505 g/mol. The number of rotatable bonds is 8. The molecule has 0 atom stereocenters. The minimum absolute atomic E-state index is 0.0216. The Morgan fingerprint density at radius 2 is 1.67 bits per heavy atom. The van der Waals surface area contributed by atoms with Crippen molar-refractivity contribution in [3.8, 4) is 5.75 Å². The third kappa shape index (κ3) is 5.80. The summed E-state index contributed by atoms with van der Waals surface area (Å²) < 4.78 is 47.6. The number of carbonyl (C=O) groups is 1. The third-order valence-electron chi connectivity index (χ3n) is 6.10. The van der Waals surface area contributed by atoms with Crippen LogP contribution in [-0.2, 0) is 21.4 Å². The number of anilines is 1. The van der Waals surface area contributed by atoms with Crippen molar-refractivity contribution in [2.75, 3.05) is 44.7 Å². The van der Waals surface area contributed by atoms with Crippen LogP contribution in [0.4, 0.5) is 10.1 Å². The lowest BCUT2D eigenvalue weighted by atomic mass is 10.2. The van der Waals surface area contributed by atoms with E-state index in [4.69, 9.17) is 16.3 Å². The Bertz CT molecular complexity index is 1320. The average molecular weight is 532 g/mol. The molecule has 0 unspecified atom stereocenters. The number of amides is 1. The molecule has 190 valence electrons. The summed E-state index contributed by atoms with van der Waals surface area (Å²) in [4.78, 5) is 16.7. The molecule has 7 nitrogen and oxygen atoms in total. The van der Waals surface area contributed by atoms with Crippen molar-refractivity contribution in [2.45, 2.75) is 11.4 Å². The van der Waals surface area contributed by atoms with Crippen LogP contribution in [-0.4, -0.2) is 63.4 Å². The first-order chi connectivity index (χ1) is 17.3. The Kier molecular flexibility index (Phi) is 8.13. The van der Waals surface area contributed by atoms with Crippen molar-refractivity contribution < 1.29 is 22.3 Å². The molecule has 4 rings (SSSR count). The molecule has 0 spiro atoms. The fourth-order valence-corrected chi connectivity index (χ4v) is 5.85. The van der Waals surface area contributed by atoms with Crippen molar-refractivity contribution in [3.63, 3.8) is 0 Å². The number of carbonyl (C=O) groups excluding carboxylic acids is 1. The molecule has 0 radical (unpaired) electrons. The molecule has 0 saturated carbocycles. The maximum absolute atomic E-state index is 14.2. The fourth-order valence-electron chi connectivity index (χ4n) is 4.13. The van der Waals surface area contributed by atoms with Crippen LogP contribution in [0, 0.1) is 5.82 Å². The van der Waals surface area contributed by atoms with Gasteiger partial charge in [-0.05, 0) is 35.9 Å². The van der Waals surface area contributed by atoms with Crippen molar-refractivity contribution in [2.24, 2.45) is 0 Å². The molecule has 1 heterocycles. The number of hydrogen-bond donors (Lipinski definition) is 0. The maximum atomic E-state index is 14.2. The topological polar surface area (TPSA) is 70.2 Å². The van der Waals surface area contributed by atoms with Crippen LogP contribution in [0.2, 0.25) is 5.02 Å². The zero-order chi connectivity index (χ0) is 25.7. The summed E-state index contributed by atoms with van der Waals surface area (Å²) in [5, 5.41) is 0.161. The van der Waals surface area contributed by atoms with Crippen LogP contribution in [0.25, 0.3) is 0 Å². The van der Waals surface area contributed by atoms with Gasteiger partial charge >= 0.3 is 0 Å². The van der Waals surface area contributed by atoms with E-state index >= 15 is 0 Å². The van der Waals surface area contributed by atoms with E-state index in [-0.39, 0.29) is 34.7 Å². The second-order valence-corrected chi connectivity index (χ2v) is 10.7. The monoisotopic (exact) mass is 531 g/mol. The summed E-state index contributed by atoms with van der Waals surface area (Å²) in [5.41, 5.74) is 1.24. The van der Waals surface area contributed by atoms with Gasteiger partial charge in [-0.1, -0.05) is 54.1 Å². The minimum Gasteiger partial charge on any atom is -0.495 e. The molecule has 0 aliphatic carbocycles. The van der Waals surface area contributed by atoms with Gasteiger partial charge in [0.15, 0.2) is 0 Å². The summed E-state index contributed by atoms with van der Waals surface area (Å²) >= 11 is 6.19. The highest BCUT2D eigenvalue weighted by molar-refractivity contribution is 7.89. The fraction of sp³-hybridized carbons (Fsp3) is 0.269. The number of sulfonamides is 1. The third-order valence-corrected chi connectivity index (χ3v) is 8.18. The molecule has 1 aliphatic rings. The van der Waals surface area contributed by atoms with Gasteiger partial charge in [0.05, 0.1) is 29.3 Å². The summed E-state index contributed by atoms with van der Waals surface area (Å²) in [5.74, 6) is -0.271. The van der Waals surface area contributed by atoms with Crippen LogP contribution >= 0.6 is 11.6 Å². The smallest absolute Gasteiger partial charge is 0.243 e. The molecule has 3 aromatic carbocycles. The van der Waals surface area contributed by atoms with Crippen LogP contribution in [0.1, 0.15) is 5.56 Å². The molecule has 1 fully saturated rings. The van der Waals surface area contributed by atoms with Crippen molar-refractivity contribution in [1.29, 1.82) is 0 Å². The highest BCUT2D eigenvalue weighted by Gasteiger charge is 2.31. The molecule has 3 aromatic rings. The van der Waals surface area contributed by atoms with E-state index in [2.05, 4.69) is 0 Å². The highest BCUT2D eigenvalue weighted by Crippen LogP contribution is 2.29. The lowest BCUT2D eigenvalue weighted by Gasteiger charge is -2.37. The van der Waals surface area contributed by atoms with Gasteiger partial charge in [-0.3, -0.25) is 4.79 Å². The number of para-hydroxylation sites is 1. The van der Waals surface area contributed by atoms with Crippen LogP contribution in [0.3, 0.4) is 0 Å². The van der Waals surface area contributed by atoms with Gasteiger partial charge in [-0.15, -0.1) is 0 Å². The van der Waals surface area contributed by atoms with Crippen LogP contribution in [0.15, 0.2) is 77.7 Å². The van der Waals surface area contributed by atoms with Gasteiger partial charge in [0, 0.05) is 32.7 Å². The quantitative estimate of drug-likeness (QED) is 0.439. The second kappa shape index (κ2) is 11.3. The first kappa shape index (κ1) is 25.9. The molecular formula is C26H27ClFN3O4S. The zero-order valence-corrected chi connectivity index (χ0v) is 21.4. The standard InChI is InChI=1S/C26H27ClFN3O4S/c1-35-25-12-11-21(17-22(25)27)36(33,34)31(18-20-7-3-2-4-8-20)19-26(32)30-15-13-29(14-16-30)24-10-6-5-9-23(24)28/h2-12,17H,13-16,18-19H2,1H3. The van der Waals surface area contributed by atoms with Crippen LogP contribution < -0.4 is 9.64 Å². The number of halogens is 2. The predicted molar refractivity (Wildman–Crippen MR) is 137 cm³/mol. The molecule has 10 heteroatoms. The summed E-state index contributed by atoms with van der Waals surface area (Å²) in [6.45, 7) is 1.31. The van der Waals surface area contributed by atoms with E-state index < -0.39 is 10.0 Å². The lowest BCUT2D eigenvalue weighted by Crippen LogP contribution is -2.52.